The van der Waals surface area contributed by atoms with Gasteiger partial charge in [0.1, 0.15) is 6.26 Å². The molecule has 0 fully saturated rings. The zero-order valence-electron chi connectivity index (χ0n) is 6.16. The van der Waals surface area contributed by atoms with E-state index in [0.717, 1.165) is 9.13 Å². The average molecular weight is 273 g/mol. The molecule has 1 aromatic rings. The number of halogens is 1. The van der Waals surface area contributed by atoms with E-state index in [2.05, 4.69) is 28.9 Å². The van der Waals surface area contributed by atoms with Crippen molar-refractivity contribution in [2.45, 2.75) is 6.29 Å². The third-order valence-electron chi connectivity index (χ3n) is 1.57. The van der Waals surface area contributed by atoms with Crippen LogP contribution in [0.5, 0.6) is 0 Å². The highest BCUT2D eigenvalue weighted by atomic mass is 127. The Labute approximate surface area is 84.3 Å². The first-order chi connectivity index (χ1) is 5.88. The zero-order valence-corrected chi connectivity index (χ0v) is 8.32. The summed E-state index contributed by atoms with van der Waals surface area (Å²) in [6.07, 6.45) is 3.68. The van der Waals surface area contributed by atoms with Crippen molar-refractivity contribution in [3.05, 3.63) is 45.9 Å². The lowest BCUT2D eigenvalue weighted by Gasteiger charge is -2.10. The van der Waals surface area contributed by atoms with Gasteiger partial charge in [0.2, 0.25) is 6.26 Å². The van der Waals surface area contributed by atoms with Gasteiger partial charge in [-0.15, -0.1) is 0 Å². The maximum atomic E-state index is 5.16. The van der Waals surface area contributed by atoms with Crippen LogP contribution in [0.25, 0.3) is 0 Å². The molecule has 0 spiro atoms. The Morgan fingerprint density at radius 2 is 2.17 bits per heavy atom. The molecule has 0 bridgehead atoms. The molecule has 1 radical (unpaired) electrons. The fourth-order valence-corrected chi connectivity index (χ4v) is 1.65. The van der Waals surface area contributed by atoms with Crippen molar-refractivity contribution in [2.75, 3.05) is 0 Å². The van der Waals surface area contributed by atoms with Gasteiger partial charge in [0, 0.05) is 9.13 Å². The van der Waals surface area contributed by atoms with Crippen molar-refractivity contribution in [3.8, 4) is 0 Å². The second-order valence-electron chi connectivity index (χ2n) is 2.34. The highest BCUT2D eigenvalue weighted by molar-refractivity contribution is 14.1. The topological polar surface area (TPSA) is 18.5 Å². The summed E-state index contributed by atoms with van der Waals surface area (Å²) in [7, 11) is 0. The van der Waals surface area contributed by atoms with E-state index in [-0.39, 0.29) is 6.29 Å². The van der Waals surface area contributed by atoms with Crippen LogP contribution in [0.1, 0.15) is 11.9 Å². The van der Waals surface area contributed by atoms with Gasteiger partial charge in [0.15, 0.2) is 0 Å². The normalized spacial score (nSPS) is 15.8. The maximum absolute atomic E-state index is 5.16. The maximum Gasteiger partial charge on any atom is 0.268 e. The van der Waals surface area contributed by atoms with Crippen molar-refractivity contribution in [1.29, 1.82) is 0 Å². The molecule has 2 rings (SSSR count). The second-order valence-corrected chi connectivity index (χ2v) is 3.51. The molecular weight excluding hydrogens is 267 g/mol. The summed E-state index contributed by atoms with van der Waals surface area (Å²) in [5, 5.41) is 0. The van der Waals surface area contributed by atoms with Crippen LogP contribution in [0, 0.1) is 9.83 Å². The predicted molar refractivity (Wildman–Crippen MR) is 51.9 cm³/mol. The highest BCUT2D eigenvalue weighted by Crippen LogP contribution is 2.26. The minimum Gasteiger partial charge on any atom is -0.454 e. The smallest absolute Gasteiger partial charge is 0.268 e. The van der Waals surface area contributed by atoms with E-state index in [1.807, 2.05) is 24.3 Å². The molecule has 0 saturated heterocycles. The Morgan fingerprint density at radius 3 is 2.83 bits per heavy atom. The molecule has 0 aliphatic carbocycles. The third kappa shape index (κ3) is 1.41. The fraction of sp³-hybridized carbons (Fsp3) is 0.111. The number of ether oxygens (including phenoxy) is 2. The third-order valence-corrected chi connectivity index (χ3v) is 2.56. The summed E-state index contributed by atoms with van der Waals surface area (Å²) < 4.78 is 11.4. The van der Waals surface area contributed by atoms with Crippen LogP contribution in [0.3, 0.4) is 0 Å². The van der Waals surface area contributed by atoms with Gasteiger partial charge in [-0.2, -0.15) is 0 Å². The van der Waals surface area contributed by atoms with Gasteiger partial charge in [-0.1, -0.05) is 18.2 Å². The number of benzene rings is 1. The Morgan fingerprint density at radius 1 is 1.33 bits per heavy atom. The van der Waals surface area contributed by atoms with Crippen LogP contribution in [-0.4, -0.2) is 0 Å². The van der Waals surface area contributed by atoms with Crippen LogP contribution in [-0.2, 0) is 9.47 Å². The molecule has 1 aliphatic heterocycles. The van der Waals surface area contributed by atoms with Gasteiger partial charge in [-0.25, -0.2) is 0 Å². The van der Waals surface area contributed by atoms with Gasteiger partial charge in [-0.05, 0) is 28.7 Å². The van der Waals surface area contributed by atoms with Crippen molar-refractivity contribution >= 4 is 22.6 Å². The summed E-state index contributed by atoms with van der Waals surface area (Å²) in [5.74, 6) is 0. The number of hydrogen-bond acceptors (Lipinski definition) is 2. The van der Waals surface area contributed by atoms with Crippen LogP contribution in [0.2, 0.25) is 0 Å². The molecule has 1 aliphatic rings. The second kappa shape index (κ2) is 3.35. The summed E-state index contributed by atoms with van der Waals surface area (Å²) in [6, 6.07) is 7.94. The first-order valence-corrected chi connectivity index (χ1v) is 4.58. The Bertz CT molecular complexity index is 301. The molecule has 0 aromatic heterocycles. The van der Waals surface area contributed by atoms with Crippen molar-refractivity contribution in [2.24, 2.45) is 0 Å². The predicted octanol–water partition coefficient (Wildman–Crippen LogP) is 2.61. The first-order valence-electron chi connectivity index (χ1n) is 3.50. The molecule has 12 heavy (non-hydrogen) atoms. The van der Waals surface area contributed by atoms with E-state index in [9.17, 15) is 0 Å². The van der Waals surface area contributed by atoms with Crippen molar-refractivity contribution < 1.29 is 9.47 Å². The fourth-order valence-electron chi connectivity index (χ4n) is 1.01. The van der Waals surface area contributed by atoms with Crippen LogP contribution in [0.4, 0.5) is 0 Å². The first kappa shape index (κ1) is 7.91. The molecular formula is C9H6IO2. The van der Waals surface area contributed by atoms with Crippen LogP contribution in [0.15, 0.2) is 30.5 Å². The highest BCUT2D eigenvalue weighted by Gasteiger charge is 2.17. The number of hydrogen-bond donors (Lipinski definition) is 0. The minimum atomic E-state index is -0.307. The summed E-state index contributed by atoms with van der Waals surface area (Å²) in [5.41, 5.74) is 1.04. The molecule has 3 heteroatoms. The van der Waals surface area contributed by atoms with E-state index >= 15 is 0 Å². The molecule has 2 nitrogen and oxygen atoms in total. The van der Waals surface area contributed by atoms with Crippen LogP contribution < -0.4 is 0 Å². The van der Waals surface area contributed by atoms with Gasteiger partial charge in [0.05, 0.1) is 0 Å². The lowest BCUT2D eigenvalue weighted by Crippen LogP contribution is -1.99. The molecule has 61 valence electrons. The molecule has 0 N–H and O–H groups in total. The monoisotopic (exact) mass is 273 g/mol. The molecule has 0 amide bonds. The summed E-state index contributed by atoms with van der Waals surface area (Å²) in [6.45, 7) is 0. The SMILES string of the molecule is Ic1ccccc1C1O[C]=CO1. The van der Waals surface area contributed by atoms with E-state index in [4.69, 9.17) is 9.47 Å². The number of rotatable bonds is 1. The van der Waals surface area contributed by atoms with Gasteiger partial charge in [-0.3, -0.25) is 0 Å². The quantitative estimate of drug-likeness (QED) is 0.732. The lowest BCUT2D eigenvalue weighted by atomic mass is 10.2. The summed E-state index contributed by atoms with van der Waals surface area (Å²) in [4.78, 5) is 0. The van der Waals surface area contributed by atoms with Gasteiger partial charge < -0.3 is 9.47 Å². The molecule has 0 saturated carbocycles. The van der Waals surface area contributed by atoms with E-state index in [1.165, 1.54) is 6.26 Å². The van der Waals surface area contributed by atoms with Crippen molar-refractivity contribution in [1.82, 2.24) is 0 Å². The lowest BCUT2D eigenvalue weighted by molar-refractivity contribution is -0.0308. The zero-order chi connectivity index (χ0) is 8.39. The Kier molecular flexibility index (Phi) is 2.21. The molecule has 1 unspecified atom stereocenters. The minimum absolute atomic E-state index is 0.307. The van der Waals surface area contributed by atoms with Crippen molar-refractivity contribution in [3.63, 3.8) is 0 Å². The Hall–Kier alpha value is -0.710. The molecule has 1 atom stereocenters. The average Bonchev–Trinajstić information content (AvgIpc) is 2.57. The van der Waals surface area contributed by atoms with E-state index < -0.39 is 0 Å². The van der Waals surface area contributed by atoms with E-state index in [1.54, 1.807) is 0 Å². The van der Waals surface area contributed by atoms with Crippen LogP contribution >= 0.6 is 22.6 Å². The summed E-state index contributed by atoms with van der Waals surface area (Å²) >= 11 is 2.25. The van der Waals surface area contributed by atoms with E-state index in [0.29, 0.717) is 0 Å². The van der Waals surface area contributed by atoms with Gasteiger partial charge >= 0.3 is 0 Å². The largest absolute Gasteiger partial charge is 0.454 e. The molecule has 1 heterocycles. The van der Waals surface area contributed by atoms with Gasteiger partial charge in [0.25, 0.3) is 6.29 Å². The standard InChI is InChI=1S/C9H6IO2/c10-8-4-2-1-3-7(8)9-11-5-6-12-9/h1-5,9H. The molecule has 1 aromatic carbocycles. The Balaban J connectivity index is 2.27.